The van der Waals surface area contributed by atoms with Crippen LogP contribution in [0, 0.1) is 5.82 Å². The van der Waals surface area contributed by atoms with E-state index in [1.807, 2.05) is 35.2 Å². The molecular formula is C26H32FN5O3. The molecule has 2 aromatic carbocycles. The van der Waals surface area contributed by atoms with Gasteiger partial charge in [0.2, 0.25) is 11.8 Å². The normalized spacial score (nSPS) is 19.0. The van der Waals surface area contributed by atoms with E-state index in [2.05, 4.69) is 21.7 Å². The number of halogens is 1. The highest BCUT2D eigenvalue weighted by Crippen LogP contribution is 2.31. The van der Waals surface area contributed by atoms with E-state index in [4.69, 9.17) is 10.5 Å². The molecule has 186 valence electrons. The minimum atomic E-state index is -0.320. The molecule has 0 aliphatic carbocycles. The van der Waals surface area contributed by atoms with Crippen molar-refractivity contribution in [2.24, 2.45) is 5.73 Å². The van der Waals surface area contributed by atoms with Crippen LogP contribution >= 0.6 is 0 Å². The maximum atomic E-state index is 15.1. The zero-order valence-electron chi connectivity index (χ0n) is 20.0. The van der Waals surface area contributed by atoms with Gasteiger partial charge in [-0.15, -0.1) is 0 Å². The number of amides is 2. The third-order valence-corrected chi connectivity index (χ3v) is 6.35. The Kier molecular flexibility index (Phi) is 7.67. The fourth-order valence-corrected chi connectivity index (χ4v) is 4.49. The third kappa shape index (κ3) is 6.37. The van der Waals surface area contributed by atoms with Crippen LogP contribution in [0.25, 0.3) is 11.1 Å². The Morgan fingerprint density at radius 2 is 1.80 bits per heavy atom. The number of nitrogens with one attached hydrogen (secondary N) is 1. The summed E-state index contributed by atoms with van der Waals surface area (Å²) in [6.45, 7) is 10.7. The molecule has 2 amide bonds. The zero-order valence-corrected chi connectivity index (χ0v) is 20.0. The van der Waals surface area contributed by atoms with Crippen LogP contribution in [0.1, 0.15) is 12.5 Å². The van der Waals surface area contributed by atoms with Gasteiger partial charge in [-0.2, -0.15) is 0 Å². The average Bonchev–Trinajstić information content (AvgIpc) is 3.20. The molecule has 0 unspecified atom stereocenters. The molecule has 8 nitrogen and oxygen atoms in total. The van der Waals surface area contributed by atoms with Gasteiger partial charge in [0.1, 0.15) is 11.9 Å². The summed E-state index contributed by atoms with van der Waals surface area (Å²) in [6.07, 6.45) is -0.229. The van der Waals surface area contributed by atoms with Crippen LogP contribution in [-0.4, -0.2) is 73.5 Å². The highest BCUT2D eigenvalue weighted by molar-refractivity contribution is 5.76. The number of anilines is 1. The molecule has 2 aliphatic heterocycles. The molecule has 3 N–H and O–H groups in total. The molecule has 2 saturated heterocycles. The van der Waals surface area contributed by atoms with Crippen LogP contribution in [0.2, 0.25) is 0 Å². The van der Waals surface area contributed by atoms with Crippen LogP contribution in [0.4, 0.5) is 10.1 Å². The molecule has 35 heavy (non-hydrogen) atoms. The van der Waals surface area contributed by atoms with Gasteiger partial charge in [-0.1, -0.05) is 24.3 Å². The van der Waals surface area contributed by atoms with Crippen molar-refractivity contribution in [1.82, 2.24) is 15.1 Å². The number of ether oxygens (including phenoxy) is 1. The summed E-state index contributed by atoms with van der Waals surface area (Å²) in [4.78, 5) is 28.5. The zero-order chi connectivity index (χ0) is 24.9. The number of nitrogens with two attached hydrogens (primary N) is 1. The topological polar surface area (TPSA) is 91.1 Å². The molecular weight excluding hydrogens is 449 g/mol. The number of hydrogen-bond donors (Lipinski definition) is 2. The lowest BCUT2D eigenvalue weighted by Gasteiger charge is -2.34. The standard InChI is InChI=1S/C26H32FN5O3/c1-18(33)29-14-23-16-32(19(2)35-23)22-7-8-24(25(27)13-22)21-5-3-20(4-6-21)15-30-9-11-31(12-10-30)17-26(28)34/h3-8,13,23H,2,9-12,14-17H2,1H3,(H2,28,34)(H,29,33)/t23-/m0/s1. The Morgan fingerprint density at radius 3 is 2.43 bits per heavy atom. The molecule has 2 aliphatic rings. The van der Waals surface area contributed by atoms with Crippen molar-refractivity contribution in [3.05, 3.63) is 66.3 Å². The molecule has 1 atom stereocenters. The van der Waals surface area contributed by atoms with E-state index in [0.717, 1.165) is 43.9 Å². The fourth-order valence-electron chi connectivity index (χ4n) is 4.49. The van der Waals surface area contributed by atoms with Crippen LogP contribution in [0.5, 0.6) is 0 Å². The Morgan fingerprint density at radius 1 is 1.11 bits per heavy atom. The van der Waals surface area contributed by atoms with Crippen LogP contribution in [0.15, 0.2) is 54.9 Å². The van der Waals surface area contributed by atoms with Crippen LogP contribution in [0.3, 0.4) is 0 Å². The average molecular weight is 482 g/mol. The monoisotopic (exact) mass is 481 g/mol. The van der Waals surface area contributed by atoms with Crippen molar-refractivity contribution in [3.8, 4) is 11.1 Å². The Balaban J connectivity index is 1.35. The van der Waals surface area contributed by atoms with Gasteiger partial charge >= 0.3 is 0 Å². The Labute approximate surface area is 205 Å². The molecule has 2 aromatic rings. The van der Waals surface area contributed by atoms with Gasteiger partial charge in [0.25, 0.3) is 0 Å². The van der Waals surface area contributed by atoms with Crippen LogP contribution < -0.4 is 16.0 Å². The van der Waals surface area contributed by atoms with Gasteiger partial charge in [-0.05, 0) is 35.9 Å². The molecule has 2 heterocycles. The number of piperazine rings is 1. The van der Waals surface area contributed by atoms with Gasteiger partial charge in [0.15, 0.2) is 5.88 Å². The largest absolute Gasteiger partial charge is 0.472 e. The van der Waals surface area contributed by atoms with Gasteiger partial charge in [0, 0.05) is 50.9 Å². The number of carbonyl (C=O) groups excluding carboxylic acids is 2. The molecule has 0 aromatic heterocycles. The first kappa shape index (κ1) is 24.7. The summed E-state index contributed by atoms with van der Waals surface area (Å²) < 4.78 is 20.8. The van der Waals surface area contributed by atoms with Crippen molar-refractivity contribution in [2.45, 2.75) is 19.6 Å². The number of hydrogen-bond acceptors (Lipinski definition) is 6. The first-order chi connectivity index (χ1) is 16.8. The summed E-state index contributed by atoms with van der Waals surface area (Å²) in [5, 5.41) is 2.73. The minimum absolute atomic E-state index is 0.123. The van der Waals surface area contributed by atoms with E-state index < -0.39 is 0 Å². The molecule has 9 heteroatoms. The Bertz CT molecular complexity index is 1080. The van der Waals surface area contributed by atoms with E-state index in [-0.39, 0.29) is 23.7 Å². The molecule has 0 saturated carbocycles. The highest BCUT2D eigenvalue weighted by atomic mass is 19.1. The van der Waals surface area contributed by atoms with E-state index in [1.54, 1.807) is 6.07 Å². The van der Waals surface area contributed by atoms with Crippen molar-refractivity contribution in [1.29, 1.82) is 0 Å². The second kappa shape index (κ2) is 10.9. The number of benzene rings is 2. The number of rotatable bonds is 8. The second-order valence-electron chi connectivity index (χ2n) is 9.06. The minimum Gasteiger partial charge on any atom is -0.472 e. The maximum Gasteiger partial charge on any atom is 0.231 e. The lowest BCUT2D eigenvalue weighted by atomic mass is 10.0. The van der Waals surface area contributed by atoms with Gasteiger partial charge in [-0.25, -0.2) is 4.39 Å². The molecule has 0 spiro atoms. The van der Waals surface area contributed by atoms with E-state index in [1.165, 1.54) is 13.0 Å². The summed E-state index contributed by atoms with van der Waals surface area (Å²) in [6, 6.07) is 13.1. The van der Waals surface area contributed by atoms with Gasteiger partial charge < -0.3 is 20.7 Å². The van der Waals surface area contributed by atoms with Gasteiger partial charge in [0.05, 0.1) is 19.6 Å². The van der Waals surface area contributed by atoms with Crippen molar-refractivity contribution >= 4 is 17.5 Å². The SMILES string of the molecule is C=C1O[C@@H](CNC(C)=O)CN1c1ccc(-c2ccc(CN3CCN(CC(N)=O)CC3)cc2)c(F)c1. The first-order valence-corrected chi connectivity index (χ1v) is 11.8. The predicted molar refractivity (Wildman–Crippen MR) is 133 cm³/mol. The number of carbonyl (C=O) groups is 2. The van der Waals surface area contributed by atoms with Crippen LogP contribution in [-0.2, 0) is 20.9 Å². The summed E-state index contributed by atoms with van der Waals surface area (Å²) in [5.74, 6) is -0.299. The third-order valence-electron chi connectivity index (χ3n) is 6.35. The predicted octanol–water partition coefficient (Wildman–Crippen LogP) is 1.91. The number of primary amides is 1. The highest BCUT2D eigenvalue weighted by Gasteiger charge is 2.28. The lowest BCUT2D eigenvalue weighted by Crippen LogP contribution is -2.48. The molecule has 0 bridgehead atoms. The summed E-state index contributed by atoms with van der Waals surface area (Å²) in [5.41, 5.74) is 8.44. The summed E-state index contributed by atoms with van der Waals surface area (Å²) >= 11 is 0. The molecule has 0 radical (unpaired) electrons. The second-order valence-corrected chi connectivity index (χ2v) is 9.06. The fraction of sp³-hybridized carbons (Fsp3) is 0.385. The molecule has 2 fully saturated rings. The van der Waals surface area contributed by atoms with Gasteiger partial charge in [-0.3, -0.25) is 19.4 Å². The van der Waals surface area contributed by atoms with Crippen molar-refractivity contribution in [2.75, 3.05) is 50.7 Å². The molecule has 4 rings (SSSR count). The number of nitrogens with zero attached hydrogens (tertiary/aromatic N) is 3. The summed E-state index contributed by atoms with van der Waals surface area (Å²) in [7, 11) is 0. The lowest BCUT2D eigenvalue weighted by molar-refractivity contribution is -0.120. The van der Waals surface area contributed by atoms with Crippen molar-refractivity contribution in [3.63, 3.8) is 0 Å². The quantitative estimate of drug-likeness (QED) is 0.599. The van der Waals surface area contributed by atoms with E-state index >= 15 is 4.39 Å². The smallest absolute Gasteiger partial charge is 0.231 e. The Hall–Kier alpha value is -3.43. The van der Waals surface area contributed by atoms with Crippen molar-refractivity contribution < 1.29 is 18.7 Å². The first-order valence-electron chi connectivity index (χ1n) is 11.8. The maximum absolute atomic E-state index is 15.1. The van der Waals surface area contributed by atoms with E-state index in [0.29, 0.717) is 36.8 Å². The van der Waals surface area contributed by atoms with E-state index in [9.17, 15) is 9.59 Å².